The molecule has 0 aromatic heterocycles. The fourth-order valence-corrected chi connectivity index (χ4v) is 2.32. The number of hydrogen-bond donors (Lipinski definition) is 0. The van der Waals surface area contributed by atoms with Gasteiger partial charge in [-0.3, -0.25) is 0 Å². The Bertz CT molecular complexity index is 204. The molecule has 0 bridgehead atoms. The second-order valence-electron chi connectivity index (χ2n) is 4.18. The zero-order valence-corrected chi connectivity index (χ0v) is 8.45. The summed E-state index contributed by atoms with van der Waals surface area (Å²) in [6.07, 6.45) is 4.85. The minimum absolute atomic E-state index is 0.0688. The molecule has 0 N–H and O–H groups in total. The Balaban J connectivity index is 2.00. The summed E-state index contributed by atoms with van der Waals surface area (Å²) in [5, 5.41) is 0. The maximum atomic E-state index is 5.55. The van der Waals surface area contributed by atoms with Gasteiger partial charge in [0.1, 0.15) is 0 Å². The van der Waals surface area contributed by atoms with E-state index in [9.17, 15) is 0 Å². The molecule has 2 rings (SSSR count). The van der Waals surface area contributed by atoms with Crippen molar-refractivity contribution in [1.29, 1.82) is 0 Å². The predicted octanol–water partition coefficient (Wildman–Crippen LogP) is 2.35. The van der Waals surface area contributed by atoms with Crippen LogP contribution in [0.25, 0.3) is 0 Å². The summed E-state index contributed by atoms with van der Waals surface area (Å²) in [7, 11) is 0. The van der Waals surface area contributed by atoms with Gasteiger partial charge in [0.2, 0.25) is 0 Å². The Morgan fingerprint density at radius 2 is 2.00 bits per heavy atom. The van der Waals surface area contributed by atoms with E-state index in [4.69, 9.17) is 9.47 Å². The highest BCUT2D eigenvalue weighted by atomic mass is 16.7. The van der Waals surface area contributed by atoms with Crippen LogP contribution < -0.4 is 0 Å². The van der Waals surface area contributed by atoms with Crippen LogP contribution in [0.1, 0.15) is 26.7 Å². The first-order valence-electron chi connectivity index (χ1n) is 5.18. The molecule has 2 aliphatic rings. The molecular formula is C11H18O2. The first-order valence-corrected chi connectivity index (χ1v) is 5.18. The lowest BCUT2D eigenvalue weighted by Gasteiger charge is -2.30. The van der Waals surface area contributed by atoms with Gasteiger partial charge in [-0.15, -0.1) is 0 Å². The van der Waals surface area contributed by atoms with Gasteiger partial charge in [-0.1, -0.05) is 18.6 Å². The van der Waals surface area contributed by atoms with E-state index in [-0.39, 0.29) is 6.29 Å². The molecule has 13 heavy (non-hydrogen) atoms. The molecule has 1 fully saturated rings. The summed E-state index contributed by atoms with van der Waals surface area (Å²) < 4.78 is 11.1. The number of hydrogen-bond acceptors (Lipinski definition) is 2. The Morgan fingerprint density at radius 1 is 1.31 bits per heavy atom. The van der Waals surface area contributed by atoms with E-state index in [1.165, 1.54) is 18.4 Å². The molecule has 0 aromatic rings. The van der Waals surface area contributed by atoms with Crippen molar-refractivity contribution in [1.82, 2.24) is 0 Å². The molecule has 2 heteroatoms. The highest BCUT2D eigenvalue weighted by Crippen LogP contribution is 2.33. The Labute approximate surface area is 79.9 Å². The van der Waals surface area contributed by atoms with Crippen LogP contribution in [0.5, 0.6) is 0 Å². The van der Waals surface area contributed by atoms with Gasteiger partial charge in [-0.2, -0.15) is 0 Å². The Hall–Kier alpha value is -0.340. The van der Waals surface area contributed by atoms with Crippen molar-refractivity contribution >= 4 is 0 Å². The van der Waals surface area contributed by atoms with Crippen LogP contribution in [0, 0.1) is 11.8 Å². The van der Waals surface area contributed by atoms with Gasteiger partial charge in [0, 0.05) is 5.92 Å². The molecule has 0 spiro atoms. The standard InChI is InChI=1S/C11H18O2/c1-8-3-4-10(9(2)7-8)11-12-5-6-13-11/h7,9-11H,3-6H2,1-2H3/t9-,10+/m0/s1. The lowest BCUT2D eigenvalue weighted by molar-refractivity contribution is -0.0962. The van der Waals surface area contributed by atoms with Crippen molar-refractivity contribution in [3.8, 4) is 0 Å². The fourth-order valence-electron chi connectivity index (χ4n) is 2.32. The van der Waals surface area contributed by atoms with Crippen LogP contribution in [0.2, 0.25) is 0 Å². The molecule has 1 aliphatic carbocycles. The van der Waals surface area contributed by atoms with Crippen molar-refractivity contribution in [3.05, 3.63) is 11.6 Å². The number of allylic oxidation sites excluding steroid dienone is 2. The van der Waals surface area contributed by atoms with Crippen molar-refractivity contribution < 1.29 is 9.47 Å². The first kappa shape index (κ1) is 9.22. The highest BCUT2D eigenvalue weighted by Gasteiger charge is 2.31. The number of ether oxygens (including phenoxy) is 2. The van der Waals surface area contributed by atoms with Crippen molar-refractivity contribution in [3.63, 3.8) is 0 Å². The van der Waals surface area contributed by atoms with Gasteiger partial charge in [-0.05, 0) is 25.7 Å². The third-order valence-corrected chi connectivity index (χ3v) is 3.09. The van der Waals surface area contributed by atoms with Gasteiger partial charge in [-0.25, -0.2) is 0 Å². The van der Waals surface area contributed by atoms with Crippen molar-refractivity contribution in [2.24, 2.45) is 11.8 Å². The minimum atomic E-state index is 0.0688. The van der Waals surface area contributed by atoms with Gasteiger partial charge in [0.25, 0.3) is 0 Å². The zero-order valence-electron chi connectivity index (χ0n) is 8.45. The van der Waals surface area contributed by atoms with Crippen LogP contribution in [-0.2, 0) is 9.47 Å². The van der Waals surface area contributed by atoms with Gasteiger partial charge < -0.3 is 9.47 Å². The Morgan fingerprint density at radius 3 is 2.62 bits per heavy atom. The quantitative estimate of drug-likeness (QED) is 0.579. The maximum Gasteiger partial charge on any atom is 0.161 e. The van der Waals surface area contributed by atoms with E-state index in [0.717, 1.165) is 13.2 Å². The summed E-state index contributed by atoms with van der Waals surface area (Å²) in [6, 6.07) is 0. The first-order chi connectivity index (χ1) is 6.27. The maximum absolute atomic E-state index is 5.55. The van der Waals surface area contributed by atoms with Gasteiger partial charge in [0.05, 0.1) is 13.2 Å². The monoisotopic (exact) mass is 182 g/mol. The fraction of sp³-hybridized carbons (Fsp3) is 0.818. The van der Waals surface area contributed by atoms with Gasteiger partial charge in [0.15, 0.2) is 6.29 Å². The summed E-state index contributed by atoms with van der Waals surface area (Å²) in [6.45, 7) is 6.02. The molecular weight excluding hydrogens is 164 g/mol. The van der Waals surface area contributed by atoms with Crippen LogP contribution in [0.4, 0.5) is 0 Å². The third kappa shape index (κ3) is 1.94. The molecule has 2 atom stereocenters. The SMILES string of the molecule is CC1=C[C@H](C)[C@H](C2OCCO2)CC1. The average Bonchev–Trinajstić information content (AvgIpc) is 2.56. The molecule has 0 radical (unpaired) electrons. The molecule has 1 aliphatic heterocycles. The Kier molecular flexibility index (Phi) is 2.70. The van der Waals surface area contributed by atoms with Crippen LogP contribution in [0.15, 0.2) is 11.6 Å². The van der Waals surface area contributed by atoms with Crippen LogP contribution >= 0.6 is 0 Å². The van der Waals surface area contributed by atoms with E-state index in [1.807, 2.05) is 0 Å². The summed E-state index contributed by atoms with van der Waals surface area (Å²) in [5.74, 6) is 1.18. The molecule has 0 saturated carbocycles. The van der Waals surface area contributed by atoms with E-state index >= 15 is 0 Å². The van der Waals surface area contributed by atoms with E-state index in [0.29, 0.717) is 11.8 Å². The topological polar surface area (TPSA) is 18.5 Å². The largest absolute Gasteiger partial charge is 0.350 e. The molecule has 74 valence electrons. The molecule has 1 saturated heterocycles. The van der Waals surface area contributed by atoms with E-state index in [1.54, 1.807) is 0 Å². The molecule has 0 aromatic carbocycles. The van der Waals surface area contributed by atoms with Crippen LogP contribution in [0.3, 0.4) is 0 Å². The molecule has 0 unspecified atom stereocenters. The lowest BCUT2D eigenvalue weighted by Crippen LogP contribution is -2.28. The smallest absolute Gasteiger partial charge is 0.161 e. The van der Waals surface area contributed by atoms with E-state index in [2.05, 4.69) is 19.9 Å². The minimum Gasteiger partial charge on any atom is -0.350 e. The predicted molar refractivity (Wildman–Crippen MR) is 51.3 cm³/mol. The third-order valence-electron chi connectivity index (χ3n) is 3.09. The van der Waals surface area contributed by atoms with Crippen LogP contribution in [-0.4, -0.2) is 19.5 Å². The van der Waals surface area contributed by atoms with Crippen molar-refractivity contribution in [2.75, 3.05) is 13.2 Å². The number of rotatable bonds is 1. The second kappa shape index (κ2) is 3.81. The lowest BCUT2D eigenvalue weighted by atomic mass is 9.82. The average molecular weight is 182 g/mol. The summed E-state index contributed by atoms with van der Waals surface area (Å²) in [4.78, 5) is 0. The van der Waals surface area contributed by atoms with Crippen molar-refractivity contribution in [2.45, 2.75) is 33.0 Å². The molecule has 1 heterocycles. The highest BCUT2D eigenvalue weighted by molar-refractivity contribution is 5.06. The van der Waals surface area contributed by atoms with E-state index < -0.39 is 0 Å². The normalized spacial score (nSPS) is 36.3. The molecule has 0 amide bonds. The van der Waals surface area contributed by atoms with Gasteiger partial charge >= 0.3 is 0 Å². The molecule has 2 nitrogen and oxygen atoms in total. The zero-order chi connectivity index (χ0) is 9.26. The summed E-state index contributed by atoms with van der Waals surface area (Å²) >= 11 is 0. The second-order valence-corrected chi connectivity index (χ2v) is 4.18. The summed E-state index contributed by atoms with van der Waals surface area (Å²) in [5.41, 5.74) is 1.52.